The summed E-state index contributed by atoms with van der Waals surface area (Å²) >= 11 is 5.17. The molecule has 0 saturated heterocycles. The average molecular weight is 258 g/mol. The van der Waals surface area contributed by atoms with E-state index >= 15 is 0 Å². The Bertz CT molecular complexity index is 382. The predicted octanol–water partition coefficient (Wildman–Crippen LogP) is 0.797. The van der Waals surface area contributed by atoms with Crippen molar-refractivity contribution in [1.82, 2.24) is 0 Å². The van der Waals surface area contributed by atoms with Crippen molar-refractivity contribution in [3.63, 3.8) is 0 Å². The summed E-state index contributed by atoms with van der Waals surface area (Å²) in [5.74, 6) is -1.75. The summed E-state index contributed by atoms with van der Waals surface area (Å²) in [5.41, 5.74) is 6.11. The van der Waals surface area contributed by atoms with Crippen LogP contribution in [0.3, 0.4) is 0 Å². The molecule has 6 heteroatoms. The van der Waals surface area contributed by atoms with Crippen LogP contribution in [0.4, 0.5) is 0 Å². The van der Waals surface area contributed by atoms with Gasteiger partial charge in [0.1, 0.15) is 6.61 Å². The van der Waals surface area contributed by atoms with E-state index in [1.54, 1.807) is 12.1 Å². The van der Waals surface area contributed by atoms with E-state index in [1.165, 1.54) is 0 Å². The number of hydrogen-bond acceptors (Lipinski definition) is 5. The third-order valence-electron chi connectivity index (χ3n) is 1.93. The van der Waals surface area contributed by atoms with Gasteiger partial charge in [-0.2, -0.15) is 0 Å². The first-order chi connectivity index (χ1) is 8.15. The molecule has 1 atom stereocenters. The van der Waals surface area contributed by atoms with E-state index in [0.29, 0.717) is 0 Å². The van der Waals surface area contributed by atoms with Crippen molar-refractivity contribution < 1.29 is 19.1 Å². The average Bonchev–Trinajstić information content (AvgIpc) is 2.36. The molecule has 1 unspecified atom stereocenters. The highest BCUT2D eigenvalue weighted by atomic mass is 35.5. The van der Waals surface area contributed by atoms with E-state index in [0.717, 1.165) is 5.56 Å². The Balaban J connectivity index is 2.42. The van der Waals surface area contributed by atoms with Crippen molar-refractivity contribution in [2.45, 2.75) is 12.6 Å². The first-order valence-electron chi connectivity index (χ1n) is 4.84. The van der Waals surface area contributed by atoms with Crippen LogP contribution in [-0.2, 0) is 25.7 Å². The largest absolute Gasteiger partial charge is 0.459 e. The Labute approximate surface area is 103 Å². The fraction of sp³-hybridized carbons (Fsp3) is 0.273. The van der Waals surface area contributed by atoms with Gasteiger partial charge in [0.15, 0.2) is 6.07 Å². The van der Waals surface area contributed by atoms with Gasteiger partial charge in [0.05, 0.1) is 0 Å². The van der Waals surface area contributed by atoms with Gasteiger partial charge in [0, 0.05) is 0 Å². The van der Waals surface area contributed by atoms with Crippen LogP contribution < -0.4 is 5.73 Å². The van der Waals surface area contributed by atoms with Gasteiger partial charge in [-0.25, -0.2) is 9.59 Å². The molecule has 1 rings (SSSR count). The molecule has 0 aliphatic carbocycles. The standard InChI is InChI=1S/C11H12ClNO4/c12-7-17-11(15)9(13)10(14)16-6-8-4-2-1-3-5-8/h1-5,9H,6-7,13H2. The zero-order valence-corrected chi connectivity index (χ0v) is 9.72. The van der Waals surface area contributed by atoms with E-state index in [-0.39, 0.29) is 12.7 Å². The van der Waals surface area contributed by atoms with Crippen molar-refractivity contribution in [3.05, 3.63) is 35.9 Å². The number of esters is 2. The molecule has 1 aromatic rings. The van der Waals surface area contributed by atoms with Crippen LogP contribution in [0.15, 0.2) is 30.3 Å². The van der Waals surface area contributed by atoms with Gasteiger partial charge in [0.2, 0.25) is 6.04 Å². The van der Waals surface area contributed by atoms with Crippen molar-refractivity contribution in [1.29, 1.82) is 0 Å². The lowest BCUT2D eigenvalue weighted by Crippen LogP contribution is -2.41. The normalized spacial score (nSPS) is 11.6. The second-order valence-electron chi connectivity index (χ2n) is 3.14. The molecule has 5 nitrogen and oxygen atoms in total. The SMILES string of the molecule is NC(C(=O)OCCl)C(=O)OCc1ccccc1. The monoisotopic (exact) mass is 257 g/mol. The lowest BCUT2D eigenvalue weighted by Gasteiger charge is -2.10. The fourth-order valence-electron chi connectivity index (χ4n) is 1.06. The maximum atomic E-state index is 11.3. The van der Waals surface area contributed by atoms with Crippen molar-refractivity contribution in [2.75, 3.05) is 6.07 Å². The van der Waals surface area contributed by atoms with E-state index in [4.69, 9.17) is 22.1 Å². The number of nitrogens with two attached hydrogens (primary N) is 1. The van der Waals surface area contributed by atoms with E-state index < -0.39 is 18.0 Å². The Morgan fingerprint density at radius 1 is 1.18 bits per heavy atom. The number of alkyl halides is 1. The first kappa shape index (κ1) is 13.5. The summed E-state index contributed by atoms with van der Waals surface area (Å²) in [6.45, 7) is 0.0571. The minimum Gasteiger partial charge on any atom is -0.459 e. The smallest absolute Gasteiger partial charge is 0.335 e. The molecule has 2 N–H and O–H groups in total. The number of ether oxygens (including phenoxy) is 2. The molecule has 92 valence electrons. The van der Waals surface area contributed by atoms with Crippen molar-refractivity contribution in [2.24, 2.45) is 5.73 Å². The highest BCUT2D eigenvalue weighted by Crippen LogP contribution is 2.02. The number of hydrogen-bond donors (Lipinski definition) is 1. The Morgan fingerprint density at radius 2 is 1.76 bits per heavy atom. The van der Waals surface area contributed by atoms with Gasteiger partial charge in [-0.05, 0) is 5.56 Å². The summed E-state index contributed by atoms with van der Waals surface area (Å²) in [7, 11) is 0. The van der Waals surface area contributed by atoms with Gasteiger partial charge in [-0.15, -0.1) is 0 Å². The summed E-state index contributed by atoms with van der Waals surface area (Å²) in [6.07, 6.45) is 0. The molecule has 0 aliphatic heterocycles. The molecule has 0 heterocycles. The van der Waals surface area contributed by atoms with Crippen LogP contribution >= 0.6 is 11.6 Å². The van der Waals surface area contributed by atoms with E-state index in [2.05, 4.69) is 4.74 Å². The summed E-state index contributed by atoms with van der Waals surface area (Å²) < 4.78 is 9.23. The van der Waals surface area contributed by atoms with Gasteiger partial charge < -0.3 is 15.2 Å². The predicted molar refractivity (Wildman–Crippen MR) is 61.0 cm³/mol. The van der Waals surface area contributed by atoms with Crippen molar-refractivity contribution in [3.8, 4) is 0 Å². The molecule has 0 amide bonds. The third kappa shape index (κ3) is 4.42. The minimum atomic E-state index is -1.46. The molecule has 0 fully saturated rings. The lowest BCUT2D eigenvalue weighted by molar-refractivity contribution is -0.156. The van der Waals surface area contributed by atoms with Crippen LogP contribution in [0, 0.1) is 0 Å². The van der Waals surface area contributed by atoms with Crippen LogP contribution in [-0.4, -0.2) is 24.0 Å². The van der Waals surface area contributed by atoms with Crippen molar-refractivity contribution >= 4 is 23.5 Å². The number of rotatable bonds is 5. The molecule has 0 aromatic heterocycles. The maximum Gasteiger partial charge on any atom is 0.335 e. The van der Waals surface area contributed by atoms with Crippen LogP contribution in [0.5, 0.6) is 0 Å². The van der Waals surface area contributed by atoms with Gasteiger partial charge >= 0.3 is 11.9 Å². The second kappa shape index (κ2) is 6.88. The second-order valence-corrected chi connectivity index (χ2v) is 3.36. The molecular weight excluding hydrogens is 246 g/mol. The quantitative estimate of drug-likeness (QED) is 0.479. The van der Waals surface area contributed by atoms with Gasteiger partial charge in [-0.3, -0.25) is 0 Å². The summed E-state index contributed by atoms with van der Waals surface area (Å²) in [4.78, 5) is 22.4. The molecule has 0 radical (unpaired) electrons. The molecular formula is C11H12ClNO4. The van der Waals surface area contributed by atoms with Crippen LogP contribution in [0.1, 0.15) is 5.56 Å². The fourth-order valence-corrected chi connectivity index (χ4v) is 1.17. The topological polar surface area (TPSA) is 78.6 Å². The number of carbonyl (C=O) groups excluding carboxylic acids is 2. The van der Waals surface area contributed by atoms with Crippen LogP contribution in [0.25, 0.3) is 0 Å². The third-order valence-corrected chi connectivity index (χ3v) is 2.04. The van der Waals surface area contributed by atoms with Gasteiger partial charge in [-0.1, -0.05) is 41.9 Å². The molecule has 0 aliphatic rings. The van der Waals surface area contributed by atoms with Gasteiger partial charge in [0.25, 0.3) is 0 Å². The van der Waals surface area contributed by atoms with Crippen LogP contribution in [0.2, 0.25) is 0 Å². The number of carbonyl (C=O) groups is 2. The zero-order chi connectivity index (χ0) is 12.7. The maximum absolute atomic E-state index is 11.3. The number of benzene rings is 1. The highest BCUT2D eigenvalue weighted by molar-refractivity contribution is 6.17. The first-order valence-corrected chi connectivity index (χ1v) is 5.37. The summed E-state index contributed by atoms with van der Waals surface area (Å²) in [5, 5.41) is 0. The molecule has 0 spiro atoms. The Hall–Kier alpha value is -1.59. The summed E-state index contributed by atoms with van der Waals surface area (Å²) in [6, 6.07) is 7.23. The molecule has 1 aromatic carbocycles. The zero-order valence-electron chi connectivity index (χ0n) is 8.97. The molecule has 17 heavy (non-hydrogen) atoms. The molecule has 0 bridgehead atoms. The highest BCUT2D eigenvalue weighted by Gasteiger charge is 2.25. The number of halogens is 1. The van der Waals surface area contributed by atoms with E-state index in [1.807, 2.05) is 18.2 Å². The Morgan fingerprint density at radius 3 is 2.35 bits per heavy atom. The lowest BCUT2D eigenvalue weighted by atomic mass is 10.2. The van der Waals surface area contributed by atoms with E-state index in [9.17, 15) is 9.59 Å². The Kier molecular flexibility index (Phi) is 5.45. The minimum absolute atomic E-state index is 0.0571. The molecule has 0 saturated carbocycles.